The summed E-state index contributed by atoms with van der Waals surface area (Å²) in [5, 5.41) is 23.0. The third kappa shape index (κ3) is 3.53. The maximum atomic E-state index is 13.8. The summed E-state index contributed by atoms with van der Waals surface area (Å²) in [7, 11) is 0. The summed E-state index contributed by atoms with van der Waals surface area (Å²) in [6, 6.07) is 19.1. The van der Waals surface area contributed by atoms with E-state index < -0.39 is 17.4 Å². The van der Waals surface area contributed by atoms with Crippen LogP contribution in [0.4, 0.5) is 14.5 Å². The molecule has 3 aromatic carbocycles. The maximum absolute atomic E-state index is 13.8. The fourth-order valence-corrected chi connectivity index (χ4v) is 3.39. The van der Waals surface area contributed by atoms with Crippen LogP contribution in [0.5, 0.6) is 5.75 Å². The molecule has 0 bridgehead atoms. The number of phenols is 1. The number of aromatic nitrogens is 1. The number of benzene rings is 3. The van der Waals surface area contributed by atoms with Crippen molar-refractivity contribution in [3.8, 4) is 22.9 Å². The maximum Gasteiger partial charge on any atom is 0.187 e. The molecule has 0 amide bonds. The van der Waals surface area contributed by atoms with E-state index >= 15 is 0 Å². The van der Waals surface area contributed by atoms with Crippen LogP contribution in [-0.2, 0) is 0 Å². The van der Waals surface area contributed by atoms with E-state index in [-0.39, 0.29) is 11.6 Å². The van der Waals surface area contributed by atoms with E-state index in [1.807, 2.05) is 37.3 Å². The van der Waals surface area contributed by atoms with Gasteiger partial charge in [0.15, 0.2) is 17.4 Å². The summed E-state index contributed by atoms with van der Waals surface area (Å²) >= 11 is 0. The summed E-state index contributed by atoms with van der Waals surface area (Å²) in [6.45, 7) is 1.98. The lowest BCUT2D eigenvalue weighted by molar-refractivity contribution is 0.396. The van der Waals surface area contributed by atoms with Crippen molar-refractivity contribution < 1.29 is 13.9 Å². The first-order valence-electron chi connectivity index (χ1n) is 9.30. The van der Waals surface area contributed by atoms with E-state index in [2.05, 4.69) is 16.4 Å². The first-order valence-corrected chi connectivity index (χ1v) is 9.30. The van der Waals surface area contributed by atoms with Crippen molar-refractivity contribution in [2.24, 2.45) is 0 Å². The van der Waals surface area contributed by atoms with E-state index in [0.717, 1.165) is 17.7 Å². The quantitative estimate of drug-likeness (QED) is 0.445. The second-order valence-corrected chi connectivity index (χ2v) is 6.96. The lowest BCUT2D eigenvalue weighted by atomic mass is 10.00. The van der Waals surface area contributed by atoms with E-state index in [0.29, 0.717) is 27.7 Å². The molecule has 6 heteroatoms. The van der Waals surface area contributed by atoms with E-state index in [4.69, 9.17) is 0 Å². The van der Waals surface area contributed by atoms with E-state index in [1.165, 1.54) is 6.20 Å². The molecule has 30 heavy (non-hydrogen) atoms. The Hall–Kier alpha value is -3.98. The molecule has 4 rings (SSSR count). The van der Waals surface area contributed by atoms with Gasteiger partial charge in [-0.1, -0.05) is 36.4 Å². The standard InChI is InChI=1S/C24H17F2N3O/c1-14(15-5-3-2-4-6-15)29-23-18(12-27)13-28-22-8-7-16(9-19(22)23)17-10-20(25)24(30)21(26)11-17/h2-11,13-14,30H,1H3,(H,28,29). The van der Waals surface area contributed by atoms with Gasteiger partial charge >= 0.3 is 0 Å². The number of rotatable bonds is 4. The Morgan fingerprint density at radius 3 is 2.37 bits per heavy atom. The molecule has 0 saturated heterocycles. The predicted molar refractivity (Wildman–Crippen MR) is 112 cm³/mol. The van der Waals surface area contributed by atoms with Crippen LogP contribution in [0.2, 0.25) is 0 Å². The number of hydrogen-bond donors (Lipinski definition) is 2. The van der Waals surface area contributed by atoms with Gasteiger partial charge in [0.1, 0.15) is 6.07 Å². The van der Waals surface area contributed by atoms with Crippen LogP contribution in [0, 0.1) is 23.0 Å². The zero-order valence-corrected chi connectivity index (χ0v) is 16.0. The lowest BCUT2D eigenvalue weighted by Crippen LogP contribution is -2.08. The molecule has 148 valence electrons. The SMILES string of the molecule is CC(Nc1c(C#N)cnc2ccc(-c3cc(F)c(O)c(F)c3)cc12)c1ccccc1. The first-order chi connectivity index (χ1) is 14.5. The van der Waals surface area contributed by atoms with Crippen molar-refractivity contribution in [2.75, 3.05) is 5.32 Å². The number of nitriles is 1. The molecular weight excluding hydrogens is 384 g/mol. The third-order valence-electron chi connectivity index (χ3n) is 5.00. The number of pyridine rings is 1. The number of nitrogens with one attached hydrogen (secondary N) is 1. The van der Waals surface area contributed by atoms with Gasteiger partial charge in [-0.15, -0.1) is 0 Å². The Labute approximate surface area is 172 Å². The Morgan fingerprint density at radius 2 is 1.70 bits per heavy atom. The van der Waals surface area contributed by atoms with E-state index in [1.54, 1.807) is 18.2 Å². The van der Waals surface area contributed by atoms with E-state index in [9.17, 15) is 19.1 Å². The van der Waals surface area contributed by atoms with Crippen LogP contribution in [-0.4, -0.2) is 10.1 Å². The second kappa shape index (κ2) is 7.80. The molecule has 4 nitrogen and oxygen atoms in total. The molecule has 1 atom stereocenters. The van der Waals surface area contributed by atoms with Crippen LogP contribution in [0.1, 0.15) is 24.1 Å². The number of hydrogen-bond acceptors (Lipinski definition) is 4. The Bertz CT molecular complexity index is 1260. The smallest absolute Gasteiger partial charge is 0.187 e. The molecule has 0 fully saturated rings. The molecule has 1 heterocycles. The Kier molecular flexibility index (Phi) is 5.03. The largest absolute Gasteiger partial charge is 0.503 e. The summed E-state index contributed by atoms with van der Waals surface area (Å²) in [4.78, 5) is 4.33. The monoisotopic (exact) mass is 401 g/mol. The molecule has 2 N–H and O–H groups in total. The fraction of sp³-hybridized carbons (Fsp3) is 0.0833. The molecule has 0 aliphatic heterocycles. The van der Waals surface area contributed by atoms with Crippen molar-refractivity contribution in [3.63, 3.8) is 0 Å². The Balaban J connectivity index is 1.85. The first kappa shape index (κ1) is 19.3. The van der Waals surface area contributed by atoms with Crippen molar-refractivity contribution in [2.45, 2.75) is 13.0 Å². The van der Waals surface area contributed by atoms with Gasteiger partial charge in [-0.2, -0.15) is 5.26 Å². The average Bonchev–Trinajstić information content (AvgIpc) is 2.77. The minimum absolute atomic E-state index is 0.0869. The molecule has 0 spiro atoms. The molecule has 1 aromatic heterocycles. The molecule has 0 radical (unpaired) electrons. The summed E-state index contributed by atoms with van der Waals surface area (Å²) < 4.78 is 27.7. The van der Waals surface area contributed by atoms with Gasteiger partial charge < -0.3 is 10.4 Å². The Morgan fingerprint density at radius 1 is 1.00 bits per heavy atom. The molecule has 0 saturated carbocycles. The highest BCUT2D eigenvalue weighted by Gasteiger charge is 2.15. The van der Waals surface area contributed by atoms with Gasteiger partial charge in [0.05, 0.1) is 16.8 Å². The summed E-state index contributed by atoms with van der Waals surface area (Å²) in [5.41, 5.74) is 3.46. The highest BCUT2D eigenvalue weighted by atomic mass is 19.1. The van der Waals surface area contributed by atoms with Crippen LogP contribution in [0.3, 0.4) is 0 Å². The lowest BCUT2D eigenvalue weighted by Gasteiger charge is -2.19. The number of phenolic OH excluding ortho intramolecular Hbond substituents is 1. The summed E-state index contributed by atoms with van der Waals surface area (Å²) in [6.07, 6.45) is 1.50. The zero-order chi connectivity index (χ0) is 21.3. The minimum atomic E-state index is -1.04. The molecule has 0 aliphatic rings. The number of aromatic hydroxyl groups is 1. The predicted octanol–water partition coefficient (Wildman–Crippen LogP) is 5.93. The highest BCUT2D eigenvalue weighted by molar-refractivity contribution is 5.96. The zero-order valence-electron chi connectivity index (χ0n) is 16.0. The van der Waals surface area contributed by atoms with Crippen molar-refractivity contribution in [3.05, 3.63) is 89.6 Å². The number of fused-ring (bicyclic) bond motifs is 1. The second-order valence-electron chi connectivity index (χ2n) is 6.96. The molecule has 0 aliphatic carbocycles. The van der Waals surface area contributed by atoms with Crippen molar-refractivity contribution >= 4 is 16.6 Å². The topological polar surface area (TPSA) is 68.9 Å². The average molecular weight is 401 g/mol. The van der Waals surface area contributed by atoms with Gasteiger partial charge in [-0.25, -0.2) is 8.78 Å². The normalized spacial score (nSPS) is 11.8. The fourth-order valence-electron chi connectivity index (χ4n) is 3.39. The minimum Gasteiger partial charge on any atom is -0.503 e. The molecular formula is C24H17F2N3O. The van der Waals surface area contributed by atoms with Crippen molar-refractivity contribution in [1.82, 2.24) is 4.98 Å². The van der Waals surface area contributed by atoms with Gasteiger partial charge in [0.2, 0.25) is 0 Å². The number of halogens is 2. The van der Waals surface area contributed by atoms with Crippen LogP contribution >= 0.6 is 0 Å². The van der Waals surface area contributed by atoms with Crippen molar-refractivity contribution in [1.29, 1.82) is 5.26 Å². The molecule has 4 aromatic rings. The van der Waals surface area contributed by atoms with Crippen LogP contribution in [0.15, 0.2) is 66.9 Å². The van der Waals surface area contributed by atoms with Gasteiger partial charge in [0, 0.05) is 17.6 Å². The van der Waals surface area contributed by atoms with Gasteiger partial charge in [0.25, 0.3) is 0 Å². The number of anilines is 1. The summed E-state index contributed by atoms with van der Waals surface area (Å²) in [5.74, 6) is -3.08. The molecule has 1 unspecified atom stereocenters. The third-order valence-corrected chi connectivity index (χ3v) is 5.00. The highest BCUT2D eigenvalue weighted by Crippen LogP contribution is 2.34. The van der Waals surface area contributed by atoms with Crippen LogP contribution in [0.25, 0.3) is 22.0 Å². The van der Waals surface area contributed by atoms with Gasteiger partial charge in [-0.3, -0.25) is 4.98 Å². The van der Waals surface area contributed by atoms with Gasteiger partial charge in [-0.05, 0) is 47.9 Å². The van der Waals surface area contributed by atoms with Crippen LogP contribution < -0.4 is 5.32 Å². The number of nitrogens with zero attached hydrogens (tertiary/aromatic N) is 2.